The van der Waals surface area contributed by atoms with E-state index in [4.69, 9.17) is 10.3 Å². The molecule has 2 rings (SSSR count). The summed E-state index contributed by atoms with van der Waals surface area (Å²) in [7, 11) is 0. The smallest absolute Gasteiger partial charge is 0.0687 e. The molecule has 2 fully saturated rings. The summed E-state index contributed by atoms with van der Waals surface area (Å²) < 4.78 is 6.08. The average Bonchev–Trinajstić information content (AvgIpc) is 2.64. The molecule has 0 aromatic rings. The van der Waals surface area contributed by atoms with Crippen LogP contribution in [-0.2, 0) is 4.74 Å². The molecule has 1 spiro atoms. The highest BCUT2D eigenvalue weighted by Crippen LogP contribution is 2.43. The largest absolute Gasteiger partial charge is 0.372 e. The van der Waals surface area contributed by atoms with Gasteiger partial charge in [-0.05, 0) is 50.0 Å². The highest BCUT2D eigenvalue weighted by atomic mass is 16.5. The summed E-state index contributed by atoms with van der Waals surface area (Å²) in [5.74, 6) is 0.857. The quantitative estimate of drug-likeness (QED) is 0.390. The number of nitrogens with zero attached hydrogens (tertiary/aromatic N) is 3. The molecule has 1 aliphatic carbocycles. The van der Waals surface area contributed by atoms with Crippen LogP contribution in [0.25, 0.3) is 10.4 Å². The van der Waals surface area contributed by atoms with Crippen molar-refractivity contribution >= 4 is 0 Å². The number of ether oxygens (including phenoxy) is 1. The van der Waals surface area contributed by atoms with Crippen molar-refractivity contribution in [3.05, 3.63) is 10.4 Å². The number of rotatable bonds is 2. The van der Waals surface area contributed by atoms with Crippen molar-refractivity contribution in [2.45, 2.75) is 57.2 Å². The Kier molecular flexibility index (Phi) is 3.17. The standard InChI is InChI=1S/C11H19N3O/c1-9-2-5-11(6-3-9)7-4-10(15-11)8-13-14-12/h9-10H,2-8H2,1H3/t9?,10-,11?/m0/s1. The molecule has 1 aliphatic heterocycles. The minimum atomic E-state index is 0.141. The molecule has 1 saturated carbocycles. The van der Waals surface area contributed by atoms with Gasteiger partial charge in [0.05, 0.1) is 18.2 Å². The molecule has 1 atom stereocenters. The first-order valence-corrected chi connectivity index (χ1v) is 5.93. The Bertz CT molecular complexity index is 265. The number of azide groups is 1. The molecule has 0 aromatic heterocycles. The first kappa shape index (κ1) is 10.8. The molecular weight excluding hydrogens is 190 g/mol. The first-order chi connectivity index (χ1) is 7.24. The van der Waals surface area contributed by atoms with Gasteiger partial charge in [-0.3, -0.25) is 0 Å². The van der Waals surface area contributed by atoms with Gasteiger partial charge < -0.3 is 4.74 Å². The Hall–Kier alpha value is -0.730. The fourth-order valence-corrected chi connectivity index (χ4v) is 2.81. The van der Waals surface area contributed by atoms with E-state index in [1.54, 1.807) is 0 Å². The zero-order valence-corrected chi connectivity index (χ0v) is 9.35. The van der Waals surface area contributed by atoms with E-state index in [9.17, 15) is 0 Å². The molecule has 84 valence electrons. The highest BCUT2D eigenvalue weighted by molar-refractivity contribution is 4.92. The third-order valence-electron chi connectivity index (χ3n) is 3.87. The zero-order valence-electron chi connectivity index (χ0n) is 9.35. The van der Waals surface area contributed by atoms with E-state index in [0.717, 1.165) is 18.8 Å². The Morgan fingerprint density at radius 3 is 2.67 bits per heavy atom. The second-order valence-electron chi connectivity index (χ2n) is 5.06. The molecular formula is C11H19N3O. The second-order valence-corrected chi connectivity index (χ2v) is 5.06. The maximum atomic E-state index is 8.27. The van der Waals surface area contributed by atoms with Gasteiger partial charge in [0.2, 0.25) is 0 Å². The summed E-state index contributed by atoms with van der Waals surface area (Å²) in [5.41, 5.74) is 8.41. The Morgan fingerprint density at radius 1 is 1.33 bits per heavy atom. The van der Waals surface area contributed by atoms with E-state index >= 15 is 0 Å². The Balaban J connectivity index is 1.88. The topological polar surface area (TPSA) is 58.0 Å². The van der Waals surface area contributed by atoms with Gasteiger partial charge in [0.15, 0.2) is 0 Å². The molecule has 2 aliphatic rings. The summed E-state index contributed by atoms with van der Waals surface area (Å²) in [6, 6.07) is 0. The lowest BCUT2D eigenvalue weighted by atomic mass is 9.78. The van der Waals surface area contributed by atoms with Gasteiger partial charge in [-0.25, -0.2) is 0 Å². The van der Waals surface area contributed by atoms with Gasteiger partial charge in [0.25, 0.3) is 0 Å². The number of hydrogen-bond donors (Lipinski definition) is 0. The third-order valence-corrected chi connectivity index (χ3v) is 3.87. The van der Waals surface area contributed by atoms with Crippen molar-refractivity contribution in [1.29, 1.82) is 0 Å². The van der Waals surface area contributed by atoms with Crippen molar-refractivity contribution < 1.29 is 4.74 Å². The molecule has 4 heteroatoms. The van der Waals surface area contributed by atoms with Gasteiger partial charge in [-0.2, -0.15) is 0 Å². The summed E-state index contributed by atoms with van der Waals surface area (Å²) in [6.07, 6.45) is 7.36. The zero-order chi connectivity index (χ0) is 10.7. The monoisotopic (exact) mass is 209 g/mol. The summed E-state index contributed by atoms with van der Waals surface area (Å²) >= 11 is 0. The highest BCUT2D eigenvalue weighted by Gasteiger charge is 2.41. The fourth-order valence-electron chi connectivity index (χ4n) is 2.81. The molecule has 1 saturated heterocycles. The maximum absolute atomic E-state index is 8.27. The molecule has 0 unspecified atom stereocenters. The van der Waals surface area contributed by atoms with Crippen LogP contribution in [0.4, 0.5) is 0 Å². The third kappa shape index (κ3) is 2.44. The normalized spacial score (nSPS) is 40.3. The van der Waals surface area contributed by atoms with E-state index in [2.05, 4.69) is 16.9 Å². The first-order valence-electron chi connectivity index (χ1n) is 5.93. The minimum Gasteiger partial charge on any atom is -0.372 e. The van der Waals surface area contributed by atoms with Crippen LogP contribution in [0, 0.1) is 5.92 Å². The van der Waals surface area contributed by atoms with Crippen molar-refractivity contribution in [3.8, 4) is 0 Å². The molecule has 4 nitrogen and oxygen atoms in total. The molecule has 15 heavy (non-hydrogen) atoms. The summed E-state index contributed by atoms with van der Waals surface area (Å²) in [5, 5.41) is 3.60. The van der Waals surface area contributed by atoms with Crippen LogP contribution in [0.15, 0.2) is 5.11 Å². The number of hydrogen-bond acceptors (Lipinski definition) is 2. The predicted octanol–water partition coefficient (Wildman–Crippen LogP) is 3.42. The van der Waals surface area contributed by atoms with E-state index in [-0.39, 0.29) is 11.7 Å². The second kappa shape index (κ2) is 4.42. The lowest BCUT2D eigenvalue weighted by molar-refractivity contribution is -0.0666. The van der Waals surface area contributed by atoms with Crippen LogP contribution >= 0.6 is 0 Å². The molecule has 0 amide bonds. The van der Waals surface area contributed by atoms with Crippen molar-refractivity contribution in [3.63, 3.8) is 0 Å². The molecule has 0 radical (unpaired) electrons. The van der Waals surface area contributed by atoms with Gasteiger partial charge in [-0.15, -0.1) is 0 Å². The van der Waals surface area contributed by atoms with Gasteiger partial charge in [-0.1, -0.05) is 12.0 Å². The van der Waals surface area contributed by atoms with Crippen LogP contribution in [-0.4, -0.2) is 18.2 Å². The van der Waals surface area contributed by atoms with Crippen LogP contribution in [0.1, 0.15) is 45.4 Å². The maximum Gasteiger partial charge on any atom is 0.0687 e. The van der Waals surface area contributed by atoms with Gasteiger partial charge in [0, 0.05) is 4.91 Å². The van der Waals surface area contributed by atoms with Crippen LogP contribution in [0.3, 0.4) is 0 Å². The van der Waals surface area contributed by atoms with Crippen molar-refractivity contribution in [2.75, 3.05) is 6.54 Å². The minimum absolute atomic E-state index is 0.141. The van der Waals surface area contributed by atoms with E-state index < -0.39 is 0 Å². The summed E-state index contributed by atoms with van der Waals surface area (Å²) in [6.45, 7) is 2.83. The van der Waals surface area contributed by atoms with E-state index in [1.807, 2.05) is 0 Å². The average molecular weight is 209 g/mol. The van der Waals surface area contributed by atoms with Crippen molar-refractivity contribution in [2.24, 2.45) is 11.0 Å². The Labute approximate surface area is 90.6 Å². The van der Waals surface area contributed by atoms with Crippen molar-refractivity contribution in [1.82, 2.24) is 0 Å². The molecule has 1 heterocycles. The summed E-state index contributed by atoms with van der Waals surface area (Å²) in [4.78, 5) is 2.79. The molecule has 0 aromatic carbocycles. The predicted molar refractivity (Wildman–Crippen MR) is 58.5 cm³/mol. The lowest BCUT2D eigenvalue weighted by Gasteiger charge is -2.36. The fraction of sp³-hybridized carbons (Fsp3) is 1.00. The lowest BCUT2D eigenvalue weighted by Crippen LogP contribution is -2.34. The van der Waals surface area contributed by atoms with Gasteiger partial charge in [0.1, 0.15) is 0 Å². The van der Waals surface area contributed by atoms with Crippen LogP contribution < -0.4 is 0 Å². The van der Waals surface area contributed by atoms with Gasteiger partial charge >= 0.3 is 0 Å². The van der Waals surface area contributed by atoms with E-state index in [1.165, 1.54) is 25.7 Å². The SMILES string of the molecule is CC1CCC2(CC1)CC[C@@H](CN=[N+]=[N-])O2. The Morgan fingerprint density at radius 2 is 2.00 bits per heavy atom. The van der Waals surface area contributed by atoms with E-state index in [0.29, 0.717) is 6.54 Å². The van der Waals surface area contributed by atoms with Crippen LogP contribution in [0.2, 0.25) is 0 Å². The molecule has 0 N–H and O–H groups in total. The van der Waals surface area contributed by atoms with Crippen LogP contribution in [0.5, 0.6) is 0 Å². The molecule has 0 bridgehead atoms.